The molecule has 0 aliphatic rings. The lowest BCUT2D eigenvalue weighted by Crippen LogP contribution is -1.62. The molecule has 0 spiro atoms. The molecule has 22 heavy (non-hydrogen) atoms. The van der Waals surface area contributed by atoms with E-state index in [9.17, 15) is 0 Å². The fourth-order valence-corrected chi connectivity index (χ4v) is 0.919. The molecule has 0 saturated carbocycles. The molecule has 0 N–H and O–H groups in total. The first-order chi connectivity index (χ1) is 10.8. The molecule has 1 heteroatoms. The molecule has 0 unspecified atom stereocenters. The number of aryl methyl sites for hydroxylation is 1. The van der Waals surface area contributed by atoms with Gasteiger partial charge in [-0.15, -0.1) is 0 Å². The van der Waals surface area contributed by atoms with Crippen molar-refractivity contribution in [3.8, 4) is 0 Å². The van der Waals surface area contributed by atoms with E-state index in [4.69, 9.17) is 7.85 Å². The highest BCUT2D eigenvalue weighted by atomic mass is 13.8. The zero-order valence-corrected chi connectivity index (χ0v) is 16.1. The van der Waals surface area contributed by atoms with Gasteiger partial charge in [0.15, 0.2) is 0 Å². The lowest BCUT2D eigenvalue weighted by Gasteiger charge is -1.82. The number of hydrogen-bond donors (Lipinski definition) is 0. The first kappa shape index (κ1) is 28.6. The zero-order chi connectivity index (χ0) is 18.1. The lowest BCUT2D eigenvalue weighted by molar-refractivity contribution is 1.48. The van der Waals surface area contributed by atoms with E-state index in [1.807, 2.05) is 103 Å². The van der Waals surface area contributed by atoms with Gasteiger partial charge < -0.3 is 0 Å². The van der Waals surface area contributed by atoms with Gasteiger partial charge in [-0.2, -0.15) is 0 Å². The van der Waals surface area contributed by atoms with Crippen molar-refractivity contribution in [2.45, 2.75) is 61.7 Å². The van der Waals surface area contributed by atoms with Crippen LogP contribution < -0.4 is 0 Å². The van der Waals surface area contributed by atoms with E-state index in [1.54, 1.807) is 0 Å². The Labute approximate surface area is 142 Å². The Morgan fingerprint density at radius 1 is 0.591 bits per heavy atom. The van der Waals surface area contributed by atoms with E-state index in [2.05, 4.69) is 19.1 Å². The van der Waals surface area contributed by atoms with Gasteiger partial charge in [0.2, 0.25) is 0 Å². The van der Waals surface area contributed by atoms with Crippen molar-refractivity contribution in [3.63, 3.8) is 0 Å². The lowest BCUT2D eigenvalue weighted by atomic mass is 10.1. The first-order valence-corrected chi connectivity index (χ1v) is 8.53. The summed E-state index contributed by atoms with van der Waals surface area (Å²) in [6, 6.07) is 22.3. The van der Waals surface area contributed by atoms with Crippen LogP contribution in [0.5, 0.6) is 0 Å². The van der Waals surface area contributed by atoms with E-state index in [0.717, 1.165) is 6.32 Å². The van der Waals surface area contributed by atoms with E-state index in [-0.39, 0.29) is 0 Å². The summed E-state index contributed by atoms with van der Waals surface area (Å²) in [6.07, 6.45) is 0.750. The van der Waals surface area contributed by atoms with Gasteiger partial charge in [-0.1, -0.05) is 127 Å². The van der Waals surface area contributed by atoms with Gasteiger partial charge in [-0.05, 0) is 6.92 Å². The molecule has 0 heterocycles. The number of benzene rings is 2. The molecule has 0 nitrogen and oxygen atoms in total. The van der Waals surface area contributed by atoms with Crippen LogP contribution in [0.4, 0.5) is 0 Å². The Morgan fingerprint density at radius 2 is 0.773 bits per heavy atom. The van der Waals surface area contributed by atoms with E-state index >= 15 is 0 Å². The molecule has 2 aromatic carbocycles. The van der Waals surface area contributed by atoms with E-state index in [0.29, 0.717) is 0 Å². The summed E-state index contributed by atoms with van der Waals surface area (Å²) in [7, 11) is 4.85. The van der Waals surface area contributed by atoms with Crippen molar-refractivity contribution >= 4 is 7.85 Å². The second-order valence-electron chi connectivity index (χ2n) is 3.22. The van der Waals surface area contributed by atoms with Crippen molar-refractivity contribution in [3.05, 3.63) is 72.3 Å². The minimum Gasteiger partial charge on any atom is -0.0915 e. The maximum atomic E-state index is 4.85. The highest BCUT2D eigenvalue weighted by Crippen LogP contribution is 1.92. The van der Waals surface area contributed by atoms with Crippen LogP contribution in [0, 0.1) is 6.92 Å². The highest BCUT2D eigenvalue weighted by Gasteiger charge is 1.72. The van der Waals surface area contributed by atoms with Crippen LogP contribution in [-0.4, -0.2) is 7.85 Å². The molecule has 0 amide bonds. The predicted octanol–water partition coefficient (Wildman–Crippen LogP) is 7.35. The predicted molar refractivity (Wildman–Crippen MR) is 108 cm³/mol. The average Bonchev–Trinajstić information content (AvgIpc) is 2.64. The standard InChI is InChI=1S/C7H8.C6H6.C2H5B.3C2H6/c1-7-5-3-2-4-6-7;1-2-4-6-5-3-1;1-2-3;3*1-2/h2-6H,1H3;1-6H;2H2,1H3;3*1-2H3. The van der Waals surface area contributed by atoms with Crippen LogP contribution in [0.3, 0.4) is 0 Å². The third kappa shape index (κ3) is 36.3. The molecule has 0 fully saturated rings. The minimum atomic E-state index is 0.750. The number of hydrogen-bond acceptors (Lipinski definition) is 0. The number of rotatable bonds is 0. The highest BCUT2D eigenvalue weighted by molar-refractivity contribution is 6.08. The molecule has 0 atom stereocenters. The molecule has 0 aliphatic carbocycles. The Bertz CT molecular complexity index is 290. The smallest absolute Gasteiger partial charge is 0.0649 e. The average molecular weight is 300 g/mol. The van der Waals surface area contributed by atoms with Crippen LogP contribution in [-0.2, 0) is 0 Å². The third-order valence-corrected chi connectivity index (χ3v) is 1.61. The van der Waals surface area contributed by atoms with Crippen molar-refractivity contribution < 1.29 is 0 Å². The molecule has 2 aromatic rings. The second-order valence-corrected chi connectivity index (χ2v) is 3.22. The Hall–Kier alpha value is -1.50. The van der Waals surface area contributed by atoms with Gasteiger partial charge in [0.1, 0.15) is 0 Å². The van der Waals surface area contributed by atoms with E-state index in [1.165, 1.54) is 5.56 Å². The van der Waals surface area contributed by atoms with Gasteiger partial charge in [0, 0.05) is 0 Å². The summed E-state index contributed by atoms with van der Waals surface area (Å²) in [5, 5.41) is 0. The summed E-state index contributed by atoms with van der Waals surface area (Å²) in [5.74, 6) is 0. The van der Waals surface area contributed by atoms with Gasteiger partial charge in [-0.3, -0.25) is 0 Å². The summed E-state index contributed by atoms with van der Waals surface area (Å²) < 4.78 is 0. The maximum absolute atomic E-state index is 4.85. The summed E-state index contributed by atoms with van der Waals surface area (Å²) >= 11 is 0. The van der Waals surface area contributed by atoms with E-state index < -0.39 is 0 Å². The second kappa shape index (κ2) is 36.6. The molecule has 2 radical (unpaired) electrons. The summed E-state index contributed by atoms with van der Waals surface area (Å²) in [5.41, 5.74) is 1.32. The summed E-state index contributed by atoms with van der Waals surface area (Å²) in [4.78, 5) is 0. The summed E-state index contributed by atoms with van der Waals surface area (Å²) in [6.45, 7) is 16.0. The Balaban J connectivity index is -0.0000000987. The SMILES string of the molecule is CC.CC.CC.Cc1ccccc1.[B]CC.c1ccccc1. The van der Waals surface area contributed by atoms with Gasteiger partial charge in [0.05, 0.1) is 7.85 Å². The largest absolute Gasteiger partial charge is 0.0915 e. The molecule has 0 aliphatic heterocycles. The first-order valence-electron chi connectivity index (χ1n) is 8.53. The minimum absolute atomic E-state index is 0.750. The molecular formula is C21H37B. The fourth-order valence-electron chi connectivity index (χ4n) is 0.919. The van der Waals surface area contributed by atoms with Crippen LogP contribution in [0.15, 0.2) is 66.7 Å². The van der Waals surface area contributed by atoms with Crippen molar-refractivity contribution in [1.29, 1.82) is 0 Å². The van der Waals surface area contributed by atoms with Crippen molar-refractivity contribution in [2.75, 3.05) is 0 Å². The van der Waals surface area contributed by atoms with Gasteiger partial charge in [-0.25, -0.2) is 0 Å². The molecule has 0 bridgehead atoms. The molecule has 124 valence electrons. The van der Waals surface area contributed by atoms with Gasteiger partial charge in [0.25, 0.3) is 0 Å². The van der Waals surface area contributed by atoms with Gasteiger partial charge >= 0.3 is 0 Å². The third-order valence-electron chi connectivity index (χ3n) is 1.61. The monoisotopic (exact) mass is 300 g/mol. The van der Waals surface area contributed by atoms with Crippen LogP contribution >= 0.6 is 0 Å². The maximum Gasteiger partial charge on any atom is 0.0649 e. The van der Waals surface area contributed by atoms with Crippen LogP contribution in [0.2, 0.25) is 6.32 Å². The Kier molecular flexibility index (Phi) is 47.7. The van der Waals surface area contributed by atoms with Crippen molar-refractivity contribution in [2.24, 2.45) is 0 Å². The topological polar surface area (TPSA) is 0 Å². The molecule has 2 rings (SSSR count). The Morgan fingerprint density at radius 3 is 0.909 bits per heavy atom. The van der Waals surface area contributed by atoms with Crippen molar-refractivity contribution in [1.82, 2.24) is 0 Å². The van der Waals surface area contributed by atoms with Crippen LogP contribution in [0.1, 0.15) is 54.0 Å². The normalized spacial score (nSPS) is 6.55. The quantitative estimate of drug-likeness (QED) is 0.446. The zero-order valence-electron chi connectivity index (χ0n) is 16.1. The molecular weight excluding hydrogens is 263 g/mol. The fraction of sp³-hybridized carbons (Fsp3) is 0.429. The molecule has 0 saturated heterocycles. The molecule has 0 aromatic heterocycles. The van der Waals surface area contributed by atoms with Crippen LogP contribution in [0.25, 0.3) is 0 Å².